The van der Waals surface area contributed by atoms with Gasteiger partial charge < -0.3 is 14.9 Å². The summed E-state index contributed by atoms with van der Waals surface area (Å²) in [5.74, 6) is 0. The molecule has 4 nitrogen and oxygen atoms in total. The second-order valence-electron chi connectivity index (χ2n) is 4.79. The van der Waals surface area contributed by atoms with Gasteiger partial charge >= 0.3 is 0 Å². The SMILES string of the molecule is OCc1sc(N2CCN(c3ccccc3Cl)CC2)nc1Cl. The Morgan fingerprint density at radius 3 is 2.38 bits per heavy atom. The van der Waals surface area contributed by atoms with Gasteiger partial charge in [-0.05, 0) is 12.1 Å². The van der Waals surface area contributed by atoms with Crippen molar-refractivity contribution in [2.75, 3.05) is 36.0 Å². The van der Waals surface area contributed by atoms with Gasteiger partial charge in [0, 0.05) is 26.2 Å². The van der Waals surface area contributed by atoms with E-state index in [1.54, 1.807) is 0 Å². The maximum absolute atomic E-state index is 9.20. The first kappa shape index (κ1) is 14.9. The summed E-state index contributed by atoms with van der Waals surface area (Å²) in [5, 5.41) is 11.3. The smallest absolute Gasteiger partial charge is 0.187 e. The van der Waals surface area contributed by atoms with E-state index in [0.717, 1.165) is 46.9 Å². The van der Waals surface area contributed by atoms with Gasteiger partial charge in [-0.25, -0.2) is 4.98 Å². The molecule has 1 saturated heterocycles. The van der Waals surface area contributed by atoms with Crippen LogP contribution in [0.5, 0.6) is 0 Å². The minimum atomic E-state index is -0.0594. The number of hydrogen-bond donors (Lipinski definition) is 1. The highest BCUT2D eigenvalue weighted by Crippen LogP contribution is 2.31. The molecule has 1 aromatic heterocycles. The average molecular weight is 344 g/mol. The molecule has 112 valence electrons. The second kappa shape index (κ2) is 6.40. The minimum Gasteiger partial charge on any atom is -0.391 e. The Labute approximate surface area is 137 Å². The van der Waals surface area contributed by atoms with Crippen molar-refractivity contribution in [3.05, 3.63) is 39.3 Å². The molecule has 0 unspecified atom stereocenters. The summed E-state index contributed by atoms with van der Waals surface area (Å²) in [4.78, 5) is 9.52. The largest absolute Gasteiger partial charge is 0.391 e. The molecule has 2 heterocycles. The van der Waals surface area contributed by atoms with E-state index in [1.807, 2.05) is 24.3 Å². The fourth-order valence-corrected chi connectivity index (χ4v) is 3.83. The van der Waals surface area contributed by atoms with Crippen LogP contribution in [0.3, 0.4) is 0 Å². The fraction of sp³-hybridized carbons (Fsp3) is 0.357. The predicted octanol–water partition coefficient (Wildman–Crippen LogP) is 3.27. The third-order valence-corrected chi connectivity index (χ3v) is 5.37. The quantitative estimate of drug-likeness (QED) is 0.928. The molecule has 21 heavy (non-hydrogen) atoms. The Balaban J connectivity index is 1.69. The van der Waals surface area contributed by atoms with Crippen molar-refractivity contribution < 1.29 is 5.11 Å². The van der Waals surface area contributed by atoms with Crippen LogP contribution < -0.4 is 9.80 Å². The summed E-state index contributed by atoms with van der Waals surface area (Å²) in [6.45, 7) is 3.43. The summed E-state index contributed by atoms with van der Waals surface area (Å²) in [7, 11) is 0. The Bertz CT molecular complexity index is 626. The maximum atomic E-state index is 9.20. The Morgan fingerprint density at radius 2 is 1.76 bits per heavy atom. The summed E-state index contributed by atoms with van der Waals surface area (Å²) >= 11 is 13.7. The van der Waals surface area contributed by atoms with Crippen LogP contribution in [0.15, 0.2) is 24.3 Å². The van der Waals surface area contributed by atoms with E-state index >= 15 is 0 Å². The van der Waals surface area contributed by atoms with Crippen molar-refractivity contribution in [3.63, 3.8) is 0 Å². The highest BCUT2D eigenvalue weighted by molar-refractivity contribution is 7.16. The van der Waals surface area contributed by atoms with Gasteiger partial charge in [-0.2, -0.15) is 0 Å². The van der Waals surface area contributed by atoms with Crippen molar-refractivity contribution in [2.45, 2.75) is 6.61 Å². The van der Waals surface area contributed by atoms with Gasteiger partial charge in [0.05, 0.1) is 22.2 Å². The highest BCUT2D eigenvalue weighted by atomic mass is 35.5. The van der Waals surface area contributed by atoms with Crippen LogP contribution in [0.4, 0.5) is 10.8 Å². The average Bonchev–Trinajstić information content (AvgIpc) is 2.89. The van der Waals surface area contributed by atoms with Crippen LogP contribution in [-0.2, 0) is 6.61 Å². The standard InChI is InChI=1S/C14H15Cl2N3OS/c15-10-3-1-2-4-11(10)18-5-7-19(8-6-18)14-17-13(16)12(9-20)21-14/h1-4,20H,5-9H2. The molecule has 0 saturated carbocycles. The van der Waals surface area contributed by atoms with Gasteiger partial charge in [-0.3, -0.25) is 0 Å². The van der Waals surface area contributed by atoms with Crippen LogP contribution in [0.25, 0.3) is 0 Å². The van der Waals surface area contributed by atoms with Gasteiger partial charge in [0.25, 0.3) is 0 Å². The van der Waals surface area contributed by atoms with E-state index in [-0.39, 0.29) is 6.61 Å². The van der Waals surface area contributed by atoms with E-state index in [0.29, 0.717) is 5.15 Å². The van der Waals surface area contributed by atoms with Crippen LogP contribution in [0, 0.1) is 0 Å². The normalized spacial score (nSPS) is 15.6. The molecule has 1 fully saturated rings. The van der Waals surface area contributed by atoms with Crippen LogP contribution in [-0.4, -0.2) is 36.3 Å². The van der Waals surface area contributed by atoms with Gasteiger partial charge in [0.2, 0.25) is 0 Å². The van der Waals surface area contributed by atoms with Crippen LogP contribution >= 0.6 is 34.5 Å². The monoisotopic (exact) mass is 343 g/mol. The fourth-order valence-electron chi connectivity index (χ4n) is 2.40. The second-order valence-corrected chi connectivity index (χ2v) is 6.62. The molecule has 1 aliphatic heterocycles. The molecule has 2 aromatic rings. The molecule has 0 amide bonds. The summed E-state index contributed by atoms with van der Waals surface area (Å²) in [6, 6.07) is 7.90. The number of anilines is 2. The molecule has 1 N–H and O–H groups in total. The van der Waals surface area contributed by atoms with Gasteiger partial charge in [0.15, 0.2) is 5.13 Å². The molecule has 0 spiro atoms. The number of nitrogens with zero attached hydrogens (tertiary/aromatic N) is 3. The van der Waals surface area contributed by atoms with Crippen molar-refractivity contribution in [1.29, 1.82) is 0 Å². The van der Waals surface area contributed by atoms with Crippen molar-refractivity contribution in [1.82, 2.24) is 4.98 Å². The number of rotatable bonds is 3. The molecule has 0 atom stereocenters. The molecule has 0 bridgehead atoms. The van der Waals surface area contributed by atoms with Gasteiger partial charge in [-0.1, -0.05) is 46.7 Å². The van der Waals surface area contributed by atoms with Gasteiger partial charge in [-0.15, -0.1) is 0 Å². The van der Waals surface area contributed by atoms with Gasteiger partial charge in [0.1, 0.15) is 5.15 Å². The number of aromatic nitrogens is 1. The Morgan fingerprint density at radius 1 is 1.10 bits per heavy atom. The molecular formula is C14H15Cl2N3OS. The molecule has 0 radical (unpaired) electrons. The van der Waals surface area contributed by atoms with Crippen molar-refractivity contribution >= 4 is 45.4 Å². The summed E-state index contributed by atoms with van der Waals surface area (Å²) in [5.41, 5.74) is 1.08. The number of benzene rings is 1. The maximum Gasteiger partial charge on any atom is 0.187 e. The zero-order valence-electron chi connectivity index (χ0n) is 11.3. The first-order chi connectivity index (χ1) is 10.2. The van der Waals surface area contributed by atoms with Crippen molar-refractivity contribution in [2.24, 2.45) is 0 Å². The molecule has 1 aliphatic rings. The lowest BCUT2D eigenvalue weighted by atomic mass is 10.2. The first-order valence-corrected chi connectivity index (χ1v) is 8.27. The summed E-state index contributed by atoms with van der Waals surface area (Å²) in [6.07, 6.45) is 0. The van der Waals surface area contributed by atoms with Crippen LogP contribution in [0.2, 0.25) is 10.2 Å². The third kappa shape index (κ3) is 3.11. The lowest BCUT2D eigenvalue weighted by Crippen LogP contribution is -2.46. The predicted molar refractivity (Wildman–Crippen MR) is 88.9 cm³/mol. The molecule has 0 aliphatic carbocycles. The lowest BCUT2D eigenvalue weighted by Gasteiger charge is -2.36. The Hall–Kier alpha value is -1.01. The number of halogens is 2. The summed E-state index contributed by atoms with van der Waals surface area (Å²) < 4.78 is 0. The first-order valence-electron chi connectivity index (χ1n) is 6.69. The van der Waals surface area contributed by atoms with E-state index in [2.05, 4.69) is 14.8 Å². The lowest BCUT2D eigenvalue weighted by molar-refractivity contribution is 0.285. The molecule has 1 aromatic carbocycles. The number of thiazole rings is 1. The van der Waals surface area contributed by atoms with Crippen LogP contribution in [0.1, 0.15) is 4.88 Å². The zero-order chi connectivity index (χ0) is 14.8. The number of hydrogen-bond acceptors (Lipinski definition) is 5. The van der Waals surface area contributed by atoms with E-state index < -0.39 is 0 Å². The Kier molecular flexibility index (Phi) is 4.54. The minimum absolute atomic E-state index is 0.0594. The number of piperazine rings is 1. The number of para-hydroxylation sites is 1. The third-order valence-electron chi connectivity index (χ3n) is 3.53. The number of aliphatic hydroxyl groups excluding tert-OH is 1. The van der Waals surface area contributed by atoms with Crippen molar-refractivity contribution in [3.8, 4) is 0 Å². The number of aliphatic hydroxyl groups is 1. The highest BCUT2D eigenvalue weighted by Gasteiger charge is 2.22. The van der Waals surface area contributed by atoms with E-state index in [4.69, 9.17) is 23.2 Å². The molecule has 3 rings (SSSR count). The van der Waals surface area contributed by atoms with E-state index in [9.17, 15) is 5.11 Å². The zero-order valence-corrected chi connectivity index (χ0v) is 13.6. The topological polar surface area (TPSA) is 39.6 Å². The van der Waals surface area contributed by atoms with E-state index in [1.165, 1.54) is 11.3 Å². The molecule has 7 heteroatoms. The molecular weight excluding hydrogens is 329 g/mol.